The van der Waals surface area contributed by atoms with Gasteiger partial charge in [0.25, 0.3) is 0 Å². The minimum absolute atomic E-state index is 0.0124. The van der Waals surface area contributed by atoms with E-state index in [1.807, 2.05) is 6.07 Å². The Bertz CT molecular complexity index is 516. The van der Waals surface area contributed by atoms with Gasteiger partial charge in [-0.1, -0.05) is 38.5 Å². The Hall–Kier alpha value is -1.10. The van der Waals surface area contributed by atoms with E-state index in [0.29, 0.717) is 19.1 Å². The molecule has 1 saturated heterocycles. The Kier molecular flexibility index (Phi) is 6.67. The van der Waals surface area contributed by atoms with Gasteiger partial charge in [-0.2, -0.15) is 0 Å². The average molecular weight is 335 g/mol. The normalized spacial score (nSPS) is 18.6. The number of hydrogen-bond acceptors (Lipinski definition) is 4. The third kappa shape index (κ3) is 5.47. The van der Waals surface area contributed by atoms with Gasteiger partial charge >= 0.3 is 0 Å². The maximum atomic E-state index is 10.3. The van der Waals surface area contributed by atoms with Crippen LogP contribution in [0.15, 0.2) is 18.2 Å². The summed E-state index contributed by atoms with van der Waals surface area (Å²) in [5.74, 6) is 1.29. The first-order valence-electron chi connectivity index (χ1n) is 9.05. The van der Waals surface area contributed by atoms with Crippen LogP contribution in [-0.2, 0) is 5.41 Å². The molecule has 1 aliphatic heterocycles. The molecule has 2 rings (SSSR count). The van der Waals surface area contributed by atoms with Gasteiger partial charge in [0.1, 0.15) is 18.5 Å². The molecule has 1 aromatic carbocycles. The lowest BCUT2D eigenvalue weighted by Crippen LogP contribution is -2.41. The minimum atomic E-state index is -0.496. The number of aliphatic hydroxyl groups is 2. The van der Waals surface area contributed by atoms with Crippen LogP contribution in [-0.4, -0.2) is 54.1 Å². The Balaban J connectivity index is 1.87. The van der Waals surface area contributed by atoms with Crippen LogP contribution in [0.5, 0.6) is 5.75 Å². The molecule has 0 aliphatic carbocycles. The van der Waals surface area contributed by atoms with Crippen molar-refractivity contribution in [1.82, 2.24) is 4.90 Å². The fourth-order valence-corrected chi connectivity index (χ4v) is 3.24. The van der Waals surface area contributed by atoms with Gasteiger partial charge in [-0.25, -0.2) is 0 Å². The van der Waals surface area contributed by atoms with Crippen LogP contribution in [0, 0.1) is 12.8 Å². The van der Waals surface area contributed by atoms with E-state index in [9.17, 15) is 10.2 Å². The highest BCUT2D eigenvalue weighted by Crippen LogP contribution is 2.32. The van der Waals surface area contributed by atoms with Gasteiger partial charge in [0, 0.05) is 13.2 Å². The number of piperidine rings is 1. The molecule has 0 bridgehead atoms. The largest absolute Gasteiger partial charge is 0.491 e. The van der Waals surface area contributed by atoms with E-state index < -0.39 is 6.10 Å². The van der Waals surface area contributed by atoms with Gasteiger partial charge in [-0.3, -0.25) is 0 Å². The molecule has 24 heavy (non-hydrogen) atoms. The quantitative estimate of drug-likeness (QED) is 0.839. The van der Waals surface area contributed by atoms with Gasteiger partial charge in [-0.15, -0.1) is 0 Å². The fraction of sp³-hybridized carbons (Fsp3) is 0.700. The molecule has 1 aliphatic rings. The molecule has 0 aromatic heterocycles. The number of aryl methyl sites for hydroxylation is 1. The zero-order chi connectivity index (χ0) is 17.7. The van der Waals surface area contributed by atoms with E-state index in [1.54, 1.807) is 0 Å². The van der Waals surface area contributed by atoms with E-state index in [1.165, 1.54) is 11.1 Å². The minimum Gasteiger partial charge on any atom is -0.491 e. The van der Waals surface area contributed by atoms with Crippen LogP contribution in [0.25, 0.3) is 0 Å². The van der Waals surface area contributed by atoms with Crippen LogP contribution in [0.1, 0.15) is 44.7 Å². The van der Waals surface area contributed by atoms with Crippen molar-refractivity contribution in [1.29, 1.82) is 0 Å². The first-order chi connectivity index (χ1) is 11.3. The fourth-order valence-electron chi connectivity index (χ4n) is 3.24. The zero-order valence-electron chi connectivity index (χ0n) is 15.6. The van der Waals surface area contributed by atoms with Crippen LogP contribution in [0.4, 0.5) is 0 Å². The number of ether oxygens (including phenoxy) is 1. The second kappa shape index (κ2) is 8.32. The van der Waals surface area contributed by atoms with E-state index in [2.05, 4.69) is 44.7 Å². The van der Waals surface area contributed by atoms with E-state index >= 15 is 0 Å². The number of aliphatic hydroxyl groups excluding tert-OH is 2. The number of nitrogens with zero attached hydrogens (tertiary/aromatic N) is 1. The number of β-amino-alcohol motifs (C(OH)–C–C–N with tert-alkyl or cyclic N) is 1. The standard InChI is InChI=1S/C20H33NO3/c1-15-5-6-19(18(11-15)20(2,3)4)24-14-17(23)12-21-9-7-16(13-22)8-10-21/h5-6,11,16-17,22-23H,7-10,12-14H2,1-4H3. The highest BCUT2D eigenvalue weighted by atomic mass is 16.5. The summed E-state index contributed by atoms with van der Waals surface area (Å²) in [6.45, 7) is 11.7. The lowest BCUT2D eigenvalue weighted by molar-refractivity contribution is 0.0484. The van der Waals surface area contributed by atoms with Crippen molar-refractivity contribution in [3.05, 3.63) is 29.3 Å². The summed E-state index contributed by atoms with van der Waals surface area (Å²) >= 11 is 0. The van der Waals surface area contributed by atoms with Crippen molar-refractivity contribution in [3.63, 3.8) is 0 Å². The Morgan fingerprint density at radius 1 is 1.25 bits per heavy atom. The Morgan fingerprint density at radius 2 is 1.92 bits per heavy atom. The van der Waals surface area contributed by atoms with Crippen LogP contribution in [0.3, 0.4) is 0 Å². The monoisotopic (exact) mass is 335 g/mol. The lowest BCUT2D eigenvalue weighted by Gasteiger charge is -2.32. The average Bonchev–Trinajstić information content (AvgIpc) is 2.53. The second-order valence-electron chi connectivity index (χ2n) is 8.14. The molecule has 2 N–H and O–H groups in total. The molecule has 1 heterocycles. The SMILES string of the molecule is Cc1ccc(OCC(O)CN2CCC(CO)CC2)c(C(C)(C)C)c1. The topological polar surface area (TPSA) is 52.9 Å². The van der Waals surface area contributed by atoms with Crippen molar-refractivity contribution in [2.45, 2.75) is 52.1 Å². The van der Waals surface area contributed by atoms with Gasteiger partial charge in [0.05, 0.1) is 0 Å². The molecule has 0 spiro atoms. The summed E-state index contributed by atoms with van der Waals surface area (Å²) in [4.78, 5) is 2.26. The summed E-state index contributed by atoms with van der Waals surface area (Å²) < 4.78 is 5.95. The maximum absolute atomic E-state index is 10.3. The van der Waals surface area contributed by atoms with Crippen LogP contribution < -0.4 is 4.74 Å². The van der Waals surface area contributed by atoms with E-state index in [4.69, 9.17) is 4.74 Å². The molecule has 4 nitrogen and oxygen atoms in total. The highest BCUT2D eigenvalue weighted by molar-refractivity contribution is 5.41. The maximum Gasteiger partial charge on any atom is 0.123 e. The molecular formula is C20H33NO3. The molecule has 136 valence electrons. The number of likely N-dealkylation sites (tertiary alicyclic amines) is 1. The van der Waals surface area contributed by atoms with Crippen molar-refractivity contribution < 1.29 is 14.9 Å². The van der Waals surface area contributed by atoms with E-state index in [0.717, 1.165) is 31.7 Å². The smallest absolute Gasteiger partial charge is 0.123 e. The first-order valence-corrected chi connectivity index (χ1v) is 9.05. The van der Waals surface area contributed by atoms with Gasteiger partial charge in [0.15, 0.2) is 0 Å². The molecule has 0 saturated carbocycles. The third-order valence-electron chi connectivity index (χ3n) is 4.81. The molecule has 1 unspecified atom stereocenters. The number of hydrogen-bond donors (Lipinski definition) is 2. The molecule has 4 heteroatoms. The number of rotatable bonds is 6. The Labute approximate surface area is 146 Å². The number of benzene rings is 1. The predicted octanol–water partition coefficient (Wildman–Crippen LogP) is 2.74. The van der Waals surface area contributed by atoms with Crippen LogP contribution >= 0.6 is 0 Å². The molecule has 1 aromatic rings. The molecule has 1 fully saturated rings. The molecular weight excluding hydrogens is 302 g/mol. The van der Waals surface area contributed by atoms with Gasteiger partial charge < -0.3 is 19.8 Å². The molecule has 1 atom stereocenters. The first kappa shape index (κ1) is 19.2. The third-order valence-corrected chi connectivity index (χ3v) is 4.81. The summed E-state index contributed by atoms with van der Waals surface area (Å²) in [6, 6.07) is 6.23. The predicted molar refractivity (Wildman–Crippen MR) is 97.6 cm³/mol. The highest BCUT2D eigenvalue weighted by Gasteiger charge is 2.22. The van der Waals surface area contributed by atoms with Gasteiger partial charge in [-0.05, 0) is 55.8 Å². The van der Waals surface area contributed by atoms with Crippen molar-refractivity contribution in [2.24, 2.45) is 5.92 Å². The summed E-state index contributed by atoms with van der Waals surface area (Å²) in [6.07, 6.45) is 1.52. The van der Waals surface area contributed by atoms with Crippen molar-refractivity contribution >= 4 is 0 Å². The van der Waals surface area contributed by atoms with E-state index in [-0.39, 0.29) is 12.0 Å². The molecule has 0 amide bonds. The molecule has 0 radical (unpaired) electrons. The summed E-state index contributed by atoms with van der Waals surface area (Å²) in [7, 11) is 0. The summed E-state index contributed by atoms with van der Waals surface area (Å²) in [5, 5.41) is 19.5. The van der Waals surface area contributed by atoms with Gasteiger partial charge in [0.2, 0.25) is 0 Å². The van der Waals surface area contributed by atoms with Crippen molar-refractivity contribution in [3.8, 4) is 5.75 Å². The van der Waals surface area contributed by atoms with Crippen LogP contribution in [0.2, 0.25) is 0 Å². The second-order valence-corrected chi connectivity index (χ2v) is 8.14. The zero-order valence-corrected chi connectivity index (χ0v) is 15.6. The summed E-state index contributed by atoms with van der Waals surface area (Å²) in [5.41, 5.74) is 2.41. The Morgan fingerprint density at radius 3 is 2.50 bits per heavy atom. The van der Waals surface area contributed by atoms with Crippen molar-refractivity contribution in [2.75, 3.05) is 32.8 Å². The lowest BCUT2D eigenvalue weighted by atomic mass is 9.85.